The molecule has 2 aromatic carbocycles. The molecule has 2 rings (SSSR count). The van der Waals surface area contributed by atoms with Crippen LogP contribution in [0.5, 0.6) is 0 Å². The van der Waals surface area contributed by atoms with E-state index in [2.05, 4.69) is 0 Å². The Hall–Kier alpha value is -1.80. The van der Waals surface area contributed by atoms with Gasteiger partial charge in [0.2, 0.25) is 0 Å². The highest BCUT2D eigenvalue weighted by Gasteiger charge is 2.06. The van der Waals surface area contributed by atoms with Crippen molar-refractivity contribution >= 4 is 17.6 Å². The van der Waals surface area contributed by atoms with Crippen molar-refractivity contribution in [1.82, 2.24) is 0 Å². The van der Waals surface area contributed by atoms with Crippen molar-refractivity contribution in [2.24, 2.45) is 0 Å². The summed E-state index contributed by atoms with van der Waals surface area (Å²) >= 11 is 5.66. The average Bonchev–Trinajstić information content (AvgIpc) is 2.47. The summed E-state index contributed by atoms with van der Waals surface area (Å²) < 4.78 is 5.25. The third-order valence-corrected chi connectivity index (χ3v) is 2.97. The van der Waals surface area contributed by atoms with Gasteiger partial charge in [0.1, 0.15) is 6.61 Å². The third kappa shape index (κ3) is 4.11. The maximum Gasteiger partial charge on any atom is 0.338 e. The summed E-state index contributed by atoms with van der Waals surface area (Å²) in [7, 11) is 0. The van der Waals surface area contributed by atoms with Crippen LogP contribution in [0.25, 0.3) is 0 Å². The predicted octanol–water partition coefficient (Wildman–Crippen LogP) is 3.82. The van der Waals surface area contributed by atoms with Crippen LogP contribution in [0, 0.1) is 0 Å². The maximum atomic E-state index is 11.8. The Morgan fingerprint density at radius 3 is 2.26 bits per heavy atom. The molecule has 0 aliphatic rings. The summed E-state index contributed by atoms with van der Waals surface area (Å²) in [6.45, 7) is 0.295. The number of aryl methyl sites for hydroxylation is 1. The van der Waals surface area contributed by atoms with E-state index in [1.807, 2.05) is 42.5 Å². The van der Waals surface area contributed by atoms with Crippen molar-refractivity contribution < 1.29 is 9.53 Å². The van der Waals surface area contributed by atoms with Gasteiger partial charge in [-0.15, -0.1) is 11.6 Å². The molecule has 0 unspecified atom stereocenters. The summed E-state index contributed by atoms with van der Waals surface area (Å²) in [5.41, 5.74) is 2.67. The Labute approximate surface area is 118 Å². The Bertz CT molecular complexity index is 520. The van der Waals surface area contributed by atoms with Gasteiger partial charge in [-0.2, -0.15) is 0 Å². The molecule has 0 bridgehead atoms. The van der Waals surface area contributed by atoms with Gasteiger partial charge in [-0.25, -0.2) is 4.79 Å². The predicted molar refractivity (Wildman–Crippen MR) is 76.4 cm³/mol. The van der Waals surface area contributed by atoms with E-state index in [0.717, 1.165) is 17.5 Å². The van der Waals surface area contributed by atoms with Crippen LogP contribution in [0.15, 0.2) is 54.6 Å². The van der Waals surface area contributed by atoms with Crippen molar-refractivity contribution in [3.63, 3.8) is 0 Å². The number of rotatable bonds is 5. The molecule has 2 nitrogen and oxygen atoms in total. The molecule has 2 aromatic rings. The first-order valence-corrected chi connectivity index (χ1v) is 6.69. The molecule has 0 amide bonds. The second kappa shape index (κ2) is 6.95. The molecule has 0 heterocycles. The Morgan fingerprint density at radius 2 is 1.63 bits per heavy atom. The maximum absolute atomic E-state index is 11.8. The number of halogens is 1. The molecule has 3 heteroatoms. The normalized spacial score (nSPS) is 10.2. The van der Waals surface area contributed by atoms with Gasteiger partial charge in [0.25, 0.3) is 0 Å². The van der Waals surface area contributed by atoms with E-state index in [1.165, 1.54) is 0 Å². The third-order valence-electron chi connectivity index (χ3n) is 2.79. The largest absolute Gasteiger partial charge is 0.457 e. The molecular weight excluding hydrogens is 260 g/mol. The van der Waals surface area contributed by atoms with Crippen molar-refractivity contribution in [3.05, 3.63) is 71.3 Å². The molecule has 19 heavy (non-hydrogen) atoms. The standard InChI is InChI=1S/C16H15ClO2/c17-11-10-13-6-8-15(9-7-13)16(18)19-12-14-4-2-1-3-5-14/h1-9H,10-12H2. The zero-order chi connectivity index (χ0) is 13.5. The van der Waals surface area contributed by atoms with E-state index < -0.39 is 0 Å². The summed E-state index contributed by atoms with van der Waals surface area (Å²) in [6.07, 6.45) is 0.806. The number of carbonyl (C=O) groups excluding carboxylic acids is 1. The van der Waals surface area contributed by atoms with Gasteiger partial charge in [0, 0.05) is 5.88 Å². The van der Waals surface area contributed by atoms with Crippen LogP contribution < -0.4 is 0 Å². The quantitative estimate of drug-likeness (QED) is 0.612. The van der Waals surface area contributed by atoms with E-state index in [1.54, 1.807) is 12.1 Å². The Balaban J connectivity index is 1.92. The lowest BCUT2D eigenvalue weighted by Gasteiger charge is -2.05. The molecular formula is C16H15ClO2. The number of benzene rings is 2. The number of carbonyl (C=O) groups is 1. The minimum Gasteiger partial charge on any atom is -0.457 e. The van der Waals surface area contributed by atoms with Crippen LogP contribution in [-0.4, -0.2) is 11.8 Å². The van der Waals surface area contributed by atoms with Gasteiger partial charge in [-0.3, -0.25) is 0 Å². The molecule has 0 atom stereocenters. The number of esters is 1. The lowest BCUT2D eigenvalue weighted by atomic mass is 10.1. The van der Waals surface area contributed by atoms with Gasteiger partial charge in [0.15, 0.2) is 0 Å². The van der Waals surface area contributed by atoms with Gasteiger partial charge in [-0.05, 0) is 29.7 Å². The number of ether oxygens (including phenoxy) is 1. The first-order valence-electron chi connectivity index (χ1n) is 6.15. The fraction of sp³-hybridized carbons (Fsp3) is 0.188. The van der Waals surface area contributed by atoms with Crippen LogP contribution in [0.2, 0.25) is 0 Å². The van der Waals surface area contributed by atoms with Crippen molar-refractivity contribution in [2.45, 2.75) is 13.0 Å². The van der Waals surface area contributed by atoms with E-state index >= 15 is 0 Å². The minimum atomic E-state index is -0.304. The molecule has 98 valence electrons. The lowest BCUT2D eigenvalue weighted by Crippen LogP contribution is -2.05. The average molecular weight is 275 g/mol. The van der Waals surface area contributed by atoms with Crippen molar-refractivity contribution in [2.75, 3.05) is 5.88 Å². The number of hydrogen-bond donors (Lipinski definition) is 0. The summed E-state index contributed by atoms with van der Waals surface area (Å²) in [5.74, 6) is 0.277. The second-order valence-electron chi connectivity index (χ2n) is 4.20. The SMILES string of the molecule is O=C(OCc1ccccc1)c1ccc(CCCl)cc1. The molecule has 0 N–H and O–H groups in total. The monoisotopic (exact) mass is 274 g/mol. The van der Waals surface area contributed by atoms with E-state index in [9.17, 15) is 4.79 Å². The molecule has 0 aliphatic heterocycles. The van der Waals surface area contributed by atoms with E-state index in [0.29, 0.717) is 18.1 Å². The highest BCUT2D eigenvalue weighted by atomic mass is 35.5. The number of hydrogen-bond acceptors (Lipinski definition) is 2. The Morgan fingerprint density at radius 1 is 0.947 bits per heavy atom. The van der Waals surface area contributed by atoms with Crippen molar-refractivity contribution in [1.29, 1.82) is 0 Å². The smallest absolute Gasteiger partial charge is 0.338 e. The summed E-state index contributed by atoms with van der Waals surface area (Å²) in [4.78, 5) is 11.8. The molecule has 0 radical (unpaired) electrons. The second-order valence-corrected chi connectivity index (χ2v) is 4.58. The fourth-order valence-corrected chi connectivity index (χ4v) is 1.94. The molecule has 0 spiro atoms. The highest BCUT2D eigenvalue weighted by molar-refractivity contribution is 6.17. The van der Waals surface area contributed by atoms with Gasteiger partial charge in [-0.1, -0.05) is 42.5 Å². The highest BCUT2D eigenvalue weighted by Crippen LogP contribution is 2.09. The topological polar surface area (TPSA) is 26.3 Å². The van der Waals surface area contributed by atoms with Crippen LogP contribution in [0.3, 0.4) is 0 Å². The zero-order valence-electron chi connectivity index (χ0n) is 10.5. The van der Waals surface area contributed by atoms with E-state index in [4.69, 9.17) is 16.3 Å². The number of alkyl halides is 1. The minimum absolute atomic E-state index is 0.295. The molecule has 0 fully saturated rings. The van der Waals surface area contributed by atoms with Crippen LogP contribution in [0.4, 0.5) is 0 Å². The van der Waals surface area contributed by atoms with Gasteiger partial charge < -0.3 is 4.74 Å². The molecule has 0 saturated carbocycles. The lowest BCUT2D eigenvalue weighted by molar-refractivity contribution is 0.0472. The first kappa shape index (κ1) is 13.6. The first-order chi connectivity index (χ1) is 9.29. The van der Waals surface area contributed by atoms with E-state index in [-0.39, 0.29) is 5.97 Å². The van der Waals surface area contributed by atoms with Crippen LogP contribution in [-0.2, 0) is 17.8 Å². The van der Waals surface area contributed by atoms with Crippen molar-refractivity contribution in [3.8, 4) is 0 Å². The fourth-order valence-electron chi connectivity index (χ4n) is 1.72. The molecule has 0 aliphatic carbocycles. The summed E-state index contributed by atoms with van der Waals surface area (Å²) in [5, 5.41) is 0. The molecule has 0 saturated heterocycles. The van der Waals surface area contributed by atoms with Gasteiger partial charge in [0.05, 0.1) is 5.56 Å². The van der Waals surface area contributed by atoms with Crippen LogP contribution in [0.1, 0.15) is 21.5 Å². The zero-order valence-corrected chi connectivity index (χ0v) is 11.3. The summed E-state index contributed by atoms with van der Waals surface area (Å²) in [6, 6.07) is 17.0. The van der Waals surface area contributed by atoms with Gasteiger partial charge >= 0.3 is 5.97 Å². The van der Waals surface area contributed by atoms with Crippen LogP contribution >= 0.6 is 11.6 Å². The molecule has 0 aromatic heterocycles. The Kier molecular flexibility index (Phi) is 4.99.